The van der Waals surface area contributed by atoms with Crippen LogP contribution >= 0.6 is 11.3 Å². The number of carbonyl (C=O) groups is 2. The maximum Gasteiger partial charge on any atom is 0.276 e. The second-order valence-electron chi connectivity index (χ2n) is 11.2. The van der Waals surface area contributed by atoms with E-state index in [-0.39, 0.29) is 29.2 Å². The topological polar surface area (TPSA) is 220 Å². The van der Waals surface area contributed by atoms with Gasteiger partial charge in [0.1, 0.15) is 23.6 Å². The molecule has 16 nitrogen and oxygen atoms in total. The fourth-order valence-corrected chi connectivity index (χ4v) is 6.12. The number of nitrogens with two attached hydrogens (primary N) is 2. The van der Waals surface area contributed by atoms with E-state index in [1.54, 1.807) is 0 Å². The summed E-state index contributed by atoms with van der Waals surface area (Å²) in [5.74, 6) is -1.03. The lowest BCUT2D eigenvalue weighted by atomic mass is 9.84. The number of rotatable bonds is 12. The smallest absolute Gasteiger partial charge is 0.276 e. The number of thiazole rings is 1. The minimum absolute atomic E-state index is 0.0221. The van der Waals surface area contributed by atoms with Crippen molar-refractivity contribution >= 4 is 44.4 Å². The molecule has 2 aliphatic heterocycles. The number of nitrogens with one attached hydrogen (secondary N) is 1. The monoisotopic (exact) mass is 662 g/mol. The molecular weight excluding hydrogens is 628 g/mol. The first kappa shape index (κ1) is 32.3. The van der Waals surface area contributed by atoms with E-state index in [1.807, 2.05) is 23.9 Å². The summed E-state index contributed by atoms with van der Waals surface area (Å²) < 4.78 is 47.5. The molecule has 1 saturated heterocycles. The Hall–Kier alpha value is -4.10. The van der Waals surface area contributed by atoms with Gasteiger partial charge in [0.25, 0.3) is 11.8 Å². The normalized spacial score (nSPS) is 19.4. The Balaban J connectivity index is 1.23. The van der Waals surface area contributed by atoms with E-state index < -0.39 is 33.8 Å². The molecule has 1 aromatic carbocycles. The van der Waals surface area contributed by atoms with E-state index in [1.165, 1.54) is 19.2 Å². The largest absolute Gasteiger partial charge is 0.724 e. The van der Waals surface area contributed by atoms with Crippen molar-refractivity contribution in [1.29, 1.82) is 0 Å². The van der Waals surface area contributed by atoms with E-state index in [4.69, 9.17) is 21.0 Å². The van der Waals surface area contributed by atoms with Gasteiger partial charge in [0.05, 0.1) is 23.8 Å². The molecule has 0 saturated carbocycles. The highest BCUT2D eigenvalue weighted by atomic mass is 32.3. The quantitative estimate of drug-likeness (QED) is 0.0584. The maximum absolute atomic E-state index is 13.2. The van der Waals surface area contributed by atoms with Gasteiger partial charge < -0.3 is 30.9 Å². The van der Waals surface area contributed by atoms with Crippen LogP contribution in [0.2, 0.25) is 0 Å². The molecular formula is C27H34N8O8S2. The zero-order chi connectivity index (χ0) is 32.5. The number of hydrogen-bond acceptors (Lipinski definition) is 13. The third-order valence-corrected chi connectivity index (χ3v) is 8.55. The van der Waals surface area contributed by atoms with Gasteiger partial charge in [-0.1, -0.05) is 11.2 Å². The zero-order valence-corrected chi connectivity index (χ0v) is 26.5. The number of aromatic nitrogens is 3. The number of β-lactam (4-membered cyclic amide) rings is 1. The lowest BCUT2D eigenvalue weighted by Gasteiger charge is -2.51. The van der Waals surface area contributed by atoms with Gasteiger partial charge in [-0.25, -0.2) is 13.4 Å². The third kappa shape index (κ3) is 7.09. The SMILES string of the molecule is C[n+]1cc(-c2ccc3c(c2)CC[C@H](CO/N=C(\C(=O)N[C@@H]2C(=O)N(OS(=O)(=O)[O-])C2(C)C)c2csc(N)n2)O3)cn1CCCN. The van der Waals surface area contributed by atoms with Gasteiger partial charge >= 0.3 is 0 Å². The lowest BCUT2D eigenvalue weighted by molar-refractivity contribution is -0.753. The molecule has 2 aromatic heterocycles. The number of oxime groups is 1. The van der Waals surface area contributed by atoms with Crippen molar-refractivity contribution in [1.82, 2.24) is 20.0 Å². The number of benzene rings is 1. The fourth-order valence-electron chi connectivity index (χ4n) is 5.13. The number of hydroxylamine groups is 2. The van der Waals surface area contributed by atoms with E-state index >= 15 is 0 Å². The second-order valence-corrected chi connectivity index (χ2v) is 13.0. The van der Waals surface area contributed by atoms with Crippen LogP contribution in [0.1, 0.15) is 37.9 Å². The standard InChI is InChI=1S/C27H34N8O8S2/c1-27(2)23(25(37)35(27)43-45(38,39)40)31-24(36)22(20-15-44-26(29)30-20)32-41-14-19-7-5-17-11-16(6-8-21(17)42-19)18-12-33(3)34(13-18)10-4-9-28/h6,8,11-13,15,19,23H,4-5,7,9-10,14,28H2,1-3H3,(H3-,29,30,31,36,38,39,40)/b32-22-/t19-,23-/m1/s1. The molecule has 3 aromatic rings. The van der Waals surface area contributed by atoms with Crippen LogP contribution in [-0.2, 0) is 49.1 Å². The first-order chi connectivity index (χ1) is 21.3. The van der Waals surface area contributed by atoms with Crippen LogP contribution in [0.3, 0.4) is 0 Å². The summed E-state index contributed by atoms with van der Waals surface area (Å²) in [5.41, 5.74) is 13.2. The molecule has 4 heterocycles. The average molecular weight is 663 g/mol. The number of aryl methyl sites for hydroxylation is 3. The predicted octanol–water partition coefficient (Wildman–Crippen LogP) is -0.0210. The van der Waals surface area contributed by atoms with Crippen molar-refractivity contribution in [2.75, 3.05) is 18.9 Å². The van der Waals surface area contributed by atoms with Gasteiger partial charge in [-0.15, -0.1) is 16.0 Å². The minimum atomic E-state index is -5.20. The fraction of sp³-hybridized carbons (Fsp3) is 0.444. The molecule has 0 aliphatic carbocycles. The highest BCUT2D eigenvalue weighted by Crippen LogP contribution is 2.34. The number of nitrogen functional groups attached to an aromatic ring is 1. The number of hydrogen-bond donors (Lipinski definition) is 3. The van der Waals surface area contributed by atoms with Crippen LogP contribution in [-0.4, -0.2) is 76.1 Å². The molecule has 0 bridgehead atoms. The molecule has 0 spiro atoms. The van der Waals surface area contributed by atoms with E-state index in [9.17, 15) is 22.6 Å². The van der Waals surface area contributed by atoms with Gasteiger partial charge in [-0.3, -0.25) is 9.59 Å². The summed E-state index contributed by atoms with van der Waals surface area (Å²) in [5, 5.41) is 8.56. The Labute approximate surface area is 263 Å². The van der Waals surface area contributed by atoms with Crippen molar-refractivity contribution in [2.24, 2.45) is 17.9 Å². The molecule has 2 atom stereocenters. The highest BCUT2D eigenvalue weighted by Gasteiger charge is 2.57. The van der Waals surface area contributed by atoms with Crippen LogP contribution in [0.4, 0.5) is 5.13 Å². The van der Waals surface area contributed by atoms with Crippen molar-refractivity contribution in [3.8, 4) is 16.9 Å². The Morgan fingerprint density at radius 1 is 1.36 bits per heavy atom. The first-order valence-electron chi connectivity index (χ1n) is 14.0. The molecule has 0 unspecified atom stereocenters. The number of fused-ring (bicyclic) bond motifs is 1. The molecule has 2 aliphatic rings. The summed E-state index contributed by atoms with van der Waals surface area (Å²) in [4.78, 5) is 35.3. The Morgan fingerprint density at radius 2 is 2.13 bits per heavy atom. The Morgan fingerprint density at radius 3 is 2.80 bits per heavy atom. The number of anilines is 1. The highest BCUT2D eigenvalue weighted by molar-refractivity contribution is 7.80. The summed E-state index contributed by atoms with van der Waals surface area (Å²) in [6, 6.07) is 4.82. The molecule has 18 heteroatoms. The van der Waals surface area contributed by atoms with Crippen LogP contribution in [0, 0.1) is 0 Å². The van der Waals surface area contributed by atoms with Gasteiger partial charge in [0.2, 0.25) is 16.6 Å². The van der Waals surface area contributed by atoms with Crippen LogP contribution in [0.5, 0.6) is 5.75 Å². The second kappa shape index (κ2) is 12.7. The molecule has 2 amide bonds. The van der Waals surface area contributed by atoms with Crippen LogP contribution in [0.25, 0.3) is 11.1 Å². The van der Waals surface area contributed by atoms with E-state index in [0.29, 0.717) is 18.0 Å². The number of carbonyl (C=O) groups excluding carboxylic acids is 2. The summed E-state index contributed by atoms with van der Waals surface area (Å²) >= 11 is 1.08. The molecule has 0 radical (unpaired) electrons. The number of amides is 2. The van der Waals surface area contributed by atoms with Crippen molar-refractivity contribution in [3.63, 3.8) is 0 Å². The summed E-state index contributed by atoms with van der Waals surface area (Å²) in [6.07, 6.45) is 6.10. The first-order valence-corrected chi connectivity index (χ1v) is 16.3. The Bertz CT molecular complexity index is 1740. The van der Waals surface area contributed by atoms with Crippen LogP contribution in [0.15, 0.2) is 41.1 Å². The van der Waals surface area contributed by atoms with Crippen LogP contribution < -0.4 is 26.2 Å². The van der Waals surface area contributed by atoms with Gasteiger partial charge in [0, 0.05) is 5.38 Å². The van der Waals surface area contributed by atoms with Crippen molar-refractivity contribution in [3.05, 3.63) is 47.2 Å². The van der Waals surface area contributed by atoms with Crippen molar-refractivity contribution in [2.45, 2.75) is 57.3 Å². The molecule has 5 rings (SSSR count). The molecule has 5 N–H and O–H groups in total. The number of ether oxygens (including phenoxy) is 1. The summed E-state index contributed by atoms with van der Waals surface area (Å²) in [7, 11) is -3.20. The zero-order valence-electron chi connectivity index (χ0n) is 24.8. The number of nitrogens with zero attached hydrogens (tertiary/aromatic N) is 5. The van der Waals surface area contributed by atoms with Crippen molar-refractivity contribution < 1.29 is 41.1 Å². The summed E-state index contributed by atoms with van der Waals surface area (Å²) in [6.45, 7) is 4.32. The van der Waals surface area contributed by atoms with E-state index in [0.717, 1.165) is 53.2 Å². The maximum atomic E-state index is 13.2. The van der Waals surface area contributed by atoms with Gasteiger partial charge in [-0.2, -0.15) is 14.0 Å². The Kier molecular flexibility index (Phi) is 9.13. The minimum Gasteiger partial charge on any atom is -0.724 e. The molecule has 1 fully saturated rings. The average Bonchev–Trinajstić information content (AvgIpc) is 3.59. The predicted molar refractivity (Wildman–Crippen MR) is 160 cm³/mol. The molecule has 45 heavy (non-hydrogen) atoms. The van der Waals surface area contributed by atoms with E-state index in [2.05, 4.69) is 42.9 Å². The molecule has 242 valence electrons. The van der Waals surface area contributed by atoms with Gasteiger partial charge in [0.15, 0.2) is 24.5 Å². The third-order valence-electron chi connectivity index (χ3n) is 7.55. The lowest BCUT2D eigenvalue weighted by Crippen LogP contribution is -2.76. The van der Waals surface area contributed by atoms with Gasteiger partial charge in [-0.05, 0) is 62.9 Å².